The van der Waals surface area contributed by atoms with Gasteiger partial charge in [0.25, 0.3) is 0 Å². The fourth-order valence-electron chi connectivity index (χ4n) is 4.02. The van der Waals surface area contributed by atoms with E-state index in [0.29, 0.717) is 22.5 Å². The Kier molecular flexibility index (Phi) is 6.13. The third kappa shape index (κ3) is 5.05. The van der Waals surface area contributed by atoms with Crippen molar-refractivity contribution in [2.24, 2.45) is 0 Å². The molecule has 2 aromatic carbocycles. The molecule has 0 atom stereocenters. The molecule has 0 bridgehead atoms. The minimum Gasteiger partial charge on any atom is -0.355 e. The monoisotopic (exact) mass is 463 g/mol. The number of rotatable bonds is 5. The molecule has 3 aromatic rings. The first kappa shape index (κ1) is 22.5. The van der Waals surface area contributed by atoms with E-state index in [-0.39, 0.29) is 16.5 Å². The summed E-state index contributed by atoms with van der Waals surface area (Å²) in [5, 5.41) is 3.71. The topological polar surface area (TPSA) is 71.1 Å². The second-order valence-electron chi connectivity index (χ2n) is 8.15. The van der Waals surface area contributed by atoms with E-state index in [1.807, 2.05) is 0 Å². The van der Waals surface area contributed by atoms with Crippen molar-refractivity contribution >= 4 is 32.3 Å². The summed E-state index contributed by atoms with van der Waals surface area (Å²) < 4.78 is 67.3. The first-order valence-electron chi connectivity index (χ1n) is 10.5. The Labute approximate surface area is 185 Å². The maximum atomic E-state index is 13.0. The van der Waals surface area contributed by atoms with Crippen molar-refractivity contribution in [2.45, 2.75) is 56.1 Å². The molecule has 1 aromatic heterocycles. The molecule has 1 aliphatic carbocycles. The van der Waals surface area contributed by atoms with Crippen molar-refractivity contribution in [3.05, 3.63) is 59.8 Å². The van der Waals surface area contributed by atoms with E-state index in [1.165, 1.54) is 18.2 Å². The van der Waals surface area contributed by atoms with E-state index in [0.717, 1.165) is 44.2 Å². The number of sulfonamides is 1. The van der Waals surface area contributed by atoms with E-state index in [1.54, 1.807) is 25.1 Å². The van der Waals surface area contributed by atoms with Gasteiger partial charge in [0.2, 0.25) is 10.0 Å². The number of benzene rings is 2. The van der Waals surface area contributed by atoms with Gasteiger partial charge in [0.05, 0.1) is 16.0 Å². The van der Waals surface area contributed by atoms with Gasteiger partial charge in [-0.1, -0.05) is 25.3 Å². The molecule has 32 heavy (non-hydrogen) atoms. The van der Waals surface area contributed by atoms with Crippen molar-refractivity contribution in [3.8, 4) is 0 Å². The average Bonchev–Trinajstić information content (AvgIpc) is 2.73. The second kappa shape index (κ2) is 8.71. The molecule has 170 valence electrons. The number of nitrogens with one attached hydrogen (secondary N) is 2. The predicted octanol–water partition coefficient (Wildman–Crippen LogP) is 5.92. The van der Waals surface area contributed by atoms with Gasteiger partial charge in [-0.3, -0.25) is 4.98 Å². The molecule has 1 aliphatic rings. The highest BCUT2D eigenvalue weighted by atomic mass is 32.2. The first-order valence-corrected chi connectivity index (χ1v) is 12.0. The molecule has 0 spiro atoms. The van der Waals surface area contributed by atoms with E-state index in [4.69, 9.17) is 0 Å². The normalized spacial score (nSPS) is 15.8. The number of alkyl halides is 3. The minimum absolute atomic E-state index is 0.0284. The number of halogens is 3. The van der Waals surface area contributed by atoms with Gasteiger partial charge in [-0.15, -0.1) is 0 Å². The SMILES string of the molecule is Cc1cc(Nc2ccc(S(=O)(=O)NC3CCCCC3)cc2)c2ccc(C(F)(F)F)cc2n1. The molecule has 0 aliphatic heterocycles. The highest BCUT2D eigenvalue weighted by Gasteiger charge is 2.30. The molecule has 0 amide bonds. The Morgan fingerprint density at radius 1 is 0.969 bits per heavy atom. The lowest BCUT2D eigenvalue weighted by molar-refractivity contribution is -0.137. The number of aryl methyl sites for hydroxylation is 1. The molecule has 4 rings (SSSR count). The summed E-state index contributed by atoms with van der Waals surface area (Å²) in [5.41, 5.74) is 1.26. The molecule has 9 heteroatoms. The van der Waals surface area contributed by atoms with E-state index in [2.05, 4.69) is 15.0 Å². The first-order chi connectivity index (χ1) is 15.1. The standard InChI is InChI=1S/C23H24F3N3O2S/c1-15-13-21(20-12-7-16(23(24,25)26)14-22(20)27-15)28-17-8-10-19(11-9-17)32(30,31)29-18-5-3-2-4-6-18/h7-14,18,29H,2-6H2,1H3,(H,27,28). The van der Waals surface area contributed by atoms with E-state index < -0.39 is 21.8 Å². The molecule has 2 N–H and O–H groups in total. The lowest BCUT2D eigenvalue weighted by Crippen LogP contribution is -2.36. The Bertz CT molecular complexity index is 1220. The van der Waals surface area contributed by atoms with Gasteiger partial charge in [-0.05, 0) is 62.2 Å². The molecule has 1 saturated carbocycles. The highest BCUT2D eigenvalue weighted by molar-refractivity contribution is 7.89. The van der Waals surface area contributed by atoms with Crippen LogP contribution >= 0.6 is 0 Å². The quantitative estimate of drug-likeness (QED) is 0.493. The fourth-order valence-corrected chi connectivity index (χ4v) is 5.33. The third-order valence-corrected chi connectivity index (χ3v) is 7.17. The predicted molar refractivity (Wildman–Crippen MR) is 118 cm³/mol. The van der Waals surface area contributed by atoms with Crippen LogP contribution in [0.25, 0.3) is 10.9 Å². The van der Waals surface area contributed by atoms with Crippen LogP contribution in [0.3, 0.4) is 0 Å². The summed E-state index contributed by atoms with van der Waals surface area (Å²) in [4.78, 5) is 4.41. The third-order valence-electron chi connectivity index (χ3n) is 5.64. The highest BCUT2D eigenvalue weighted by Crippen LogP contribution is 2.34. The van der Waals surface area contributed by atoms with Gasteiger partial charge in [-0.2, -0.15) is 13.2 Å². The zero-order chi connectivity index (χ0) is 22.9. The maximum absolute atomic E-state index is 13.0. The Balaban J connectivity index is 1.57. The average molecular weight is 464 g/mol. The lowest BCUT2D eigenvalue weighted by atomic mass is 9.96. The van der Waals surface area contributed by atoms with Gasteiger partial charge in [0, 0.05) is 28.5 Å². The number of aromatic nitrogens is 1. The zero-order valence-electron chi connectivity index (χ0n) is 17.5. The number of hydrogen-bond donors (Lipinski definition) is 2. The number of anilines is 2. The summed E-state index contributed by atoms with van der Waals surface area (Å²) in [6.45, 7) is 1.71. The minimum atomic E-state index is -4.44. The van der Waals surface area contributed by atoms with Crippen molar-refractivity contribution in [1.29, 1.82) is 0 Å². The smallest absolute Gasteiger partial charge is 0.355 e. The Morgan fingerprint density at radius 2 is 1.66 bits per heavy atom. The van der Waals surface area contributed by atoms with Crippen LogP contribution in [-0.2, 0) is 16.2 Å². The summed E-state index contributed by atoms with van der Waals surface area (Å²) in [5.74, 6) is 0. The second-order valence-corrected chi connectivity index (χ2v) is 9.86. The van der Waals surface area contributed by atoms with Crippen molar-refractivity contribution in [1.82, 2.24) is 9.71 Å². The van der Waals surface area contributed by atoms with Crippen molar-refractivity contribution in [3.63, 3.8) is 0 Å². The molecule has 1 fully saturated rings. The zero-order valence-corrected chi connectivity index (χ0v) is 18.4. The molecular formula is C23H24F3N3O2S. The van der Waals surface area contributed by atoms with Gasteiger partial charge >= 0.3 is 6.18 Å². The summed E-state index contributed by atoms with van der Waals surface area (Å²) in [6.07, 6.45) is 0.450. The largest absolute Gasteiger partial charge is 0.416 e. The van der Waals surface area contributed by atoms with Gasteiger partial charge < -0.3 is 5.32 Å². The van der Waals surface area contributed by atoms with Crippen LogP contribution < -0.4 is 10.0 Å². The van der Waals surface area contributed by atoms with Crippen LogP contribution in [0.4, 0.5) is 24.5 Å². The van der Waals surface area contributed by atoms with Gasteiger partial charge in [0.15, 0.2) is 0 Å². The summed E-state index contributed by atoms with van der Waals surface area (Å²) >= 11 is 0. The summed E-state index contributed by atoms with van der Waals surface area (Å²) in [7, 11) is -3.60. The van der Waals surface area contributed by atoms with Crippen LogP contribution in [0.5, 0.6) is 0 Å². The molecule has 1 heterocycles. The molecular weight excluding hydrogens is 439 g/mol. The maximum Gasteiger partial charge on any atom is 0.416 e. The van der Waals surface area contributed by atoms with Gasteiger partial charge in [-0.25, -0.2) is 13.1 Å². The molecule has 0 radical (unpaired) electrons. The van der Waals surface area contributed by atoms with Crippen LogP contribution in [0.15, 0.2) is 53.4 Å². The number of fused-ring (bicyclic) bond motifs is 1. The van der Waals surface area contributed by atoms with Crippen molar-refractivity contribution < 1.29 is 21.6 Å². The molecule has 0 saturated heterocycles. The van der Waals surface area contributed by atoms with Crippen LogP contribution in [0.1, 0.15) is 43.4 Å². The summed E-state index contributed by atoms with van der Waals surface area (Å²) in [6, 6.07) is 11.5. The lowest BCUT2D eigenvalue weighted by Gasteiger charge is -2.22. The van der Waals surface area contributed by atoms with Crippen LogP contribution in [0, 0.1) is 6.92 Å². The Hall–Kier alpha value is -2.65. The molecule has 0 unspecified atom stereocenters. The van der Waals surface area contributed by atoms with Crippen LogP contribution in [-0.4, -0.2) is 19.4 Å². The number of hydrogen-bond acceptors (Lipinski definition) is 4. The van der Waals surface area contributed by atoms with E-state index in [9.17, 15) is 21.6 Å². The number of pyridine rings is 1. The Morgan fingerprint density at radius 3 is 2.31 bits per heavy atom. The van der Waals surface area contributed by atoms with Crippen molar-refractivity contribution in [2.75, 3.05) is 5.32 Å². The fraction of sp³-hybridized carbons (Fsp3) is 0.348. The number of nitrogens with zero attached hydrogens (tertiary/aromatic N) is 1. The van der Waals surface area contributed by atoms with E-state index >= 15 is 0 Å². The van der Waals surface area contributed by atoms with Crippen LogP contribution in [0.2, 0.25) is 0 Å². The van der Waals surface area contributed by atoms with Gasteiger partial charge in [0.1, 0.15) is 0 Å². The molecule has 5 nitrogen and oxygen atoms in total.